The molecule has 2 aromatic heterocycles. The molecule has 0 bridgehead atoms. The maximum atomic E-state index is 12.8. The Hall–Kier alpha value is -3.02. The van der Waals surface area contributed by atoms with Crippen molar-refractivity contribution in [1.29, 1.82) is 0 Å². The van der Waals surface area contributed by atoms with Crippen molar-refractivity contribution in [3.63, 3.8) is 0 Å². The van der Waals surface area contributed by atoms with Gasteiger partial charge in [0.15, 0.2) is 5.76 Å². The molecule has 24 heavy (non-hydrogen) atoms. The van der Waals surface area contributed by atoms with Crippen molar-refractivity contribution in [2.45, 2.75) is 26.9 Å². The minimum absolute atomic E-state index is 0.0499. The monoisotopic (exact) mass is 327 g/mol. The summed E-state index contributed by atoms with van der Waals surface area (Å²) in [6, 6.07) is 6.68. The number of carboxylic acids is 1. The van der Waals surface area contributed by atoms with Gasteiger partial charge >= 0.3 is 0 Å². The minimum Gasteiger partial charge on any atom is -0.546 e. The van der Waals surface area contributed by atoms with Gasteiger partial charge in [0, 0.05) is 0 Å². The molecule has 6 nitrogen and oxygen atoms in total. The lowest BCUT2D eigenvalue weighted by Gasteiger charge is -2.17. The van der Waals surface area contributed by atoms with Gasteiger partial charge in [-0.05, 0) is 56.2 Å². The molecule has 1 aromatic carbocycles. The van der Waals surface area contributed by atoms with Gasteiger partial charge < -0.3 is 23.5 Å². The summed E-state index contributed by atoms with van der Waals surface area (Å²) >= 11 is 0. The second-order valence-corrected chi connectivity index (χ2v) is 5.58. The SMILES string of the molecule is Cc1cc2oc(-c3ccco3)c(O[C@H](C)C(=O)[O-])c(=O)c2cc1C. The van der Waals surface area contributed by atoms with Crippen molar-refractivity contribution in [2.75, 3.05) is 0 Å². The Kier molecular flexibility index (Phi) is 3.89. The zero-order chi connectivity index (χ0) is 17.4. The summed E-state index contributed by atoms with van der Waals surface area (Å²) in [5.74, 6) is -1.32. The van der Waals surface area contributed by atoms with Crippen LogP contribution >= 0.6 is 0 Å². The molecule has 0 aliphatic carbocycles. The maximum absolute atomic E-state index is 12.8. The summed E-state index contributed by atoms with van der Waals surface area (Å²) in [5, 5.41) is 11.3. The van der Waals surface area contributed by atoms with E-state index in [4.69, 9.17) is 13.6 Å². The van der Waals surface area contributed by atoms with Gasteiger partial charge in [0.1, 0.15) is 11.7 Å². The number of hydrogen-bond donors (Lipinski definition) is 0. The van der Waals surface area contributed by atoms with E-state index in [1.165, 1.54) is 13.2 Å². The van der Waals surface area contributed by atoms with Crippen LogP contribution in [-0.2, 0) is 4.79 Å². The molecule has 2 heterocycles. The van der Waals surface area contributed by atoms with Gasteiger partial charge in [0.05, 0.1) is 17.6 Å². The standard InChI is InChI=1S/C18H16O6/c1-9-7-12-14(8-10(9)2)24-16(13-5-4-6-22-13)17(15(12)19)23-11(3)18(20)21/h4-8,11H,1-3H3,(H,20,21)/p-1/t11-/m1/s1. The lowest BCUT2D eigenvalue weighted by atomic mass is 10.1. The number of benzene rings is 1. The van der Waals surface area contributed by atoms with Gasteiger partial charge in [-0.2, -0.15) is 0 Å². The van der Waals surface area contributed by atoms with Crippen LogP contribution < -0.4 is 15.3 Å². The number of furan rings is 1. The van der Waals surface area contributed by atoms with Crippen molar-refractivity contribution in [3.05, 3.63) is 51.9 Å². The molecule has 1 atom stereocenters. The van der Waals surface area contributed by atoms with E-state index in [0.717, 1.165) is 11.1 Å². The smallest absolute Gasteiger partial charge is 0.235 e. The van der Waals surface area contributed by atoms with Crippen molar-refractivity contribution < 1.29 is 23.5 Å². The van der Waals surface area contributed by atoms with Crippen LogP contribution in [0.15, 0.2) is 44.2 Å². The molecule has 0 saturated heterocycles. The van der Waals surface area contributed by atoms with E-state index in [1.54, 1.807) is 24.3 Å². The number of aryl methyl sites for hydroxylation is 2. The van der Waals surface area contributed by atoms with E-state index < -0.39 is 17.5 Å². The van der Waals surface area contributed by atoms with Gasteiger partial charge in [0.2, 0.25) is 16.9 Å². The first-order valence-electron chi connectivity index (χ1n) is 7.38. The quantitative estimate of drug-likeness (QED) is 0.729. The molecule has 0 saturated carbocycles. The summed E-state index contributed by atoms with van der Waals surface area (Å²) in [6.45, 7) is 5.06. The van der Waals surface area contributed by atoms with Gasteiger partial charge in [-0.25, -0.2) is 0 Å². The minimum atomic E-state index is -1.43. The maximum Gasteiger partial charge on any atom is 0.235 e. The fraction of sp³-hybridized carbons (Fsp3) is 0.222. The lowest BCUT2D eigenvalue weighted by molar-refractivity contribution is -0.312. The Bertz CT molecular complexity index is 965. The molecule has 0 radical (unpaired) electrons. The summed E-state index contributed by atoms with van der Waals surface area (Å²) in [7, 11) is 0. The Labute approximate surface area is 137 Å². The second-order valence-electron chi connectivity index (χ2n) is 5.58. The zero-order valence-corrected chi connectivity index (χ0v) is 13.4. The van der Waals surface area contributed by atoms with Gasteiger partial charge in [-0.1, -0.05) is 0 Å². The molecule has 6 heteroatoms. The third-order valence-electron chi connectivity index (χ3n) is 3.84. The molecule has 0 unspecified atom stereocenters. The average Bonchev–Trinajstić information content (AvgIpc) is 3.06. The fourth-order valence-electron chi connectivity index (χ4n) is 2.34. The highest BCUT2D eigenvalue weighted by molar-refractivity contribution is 5.83. The molecule has 0 aliphatic rings. The summed E-state index contributed by atoms with van der Waals surface area (Å²) < 4.78 is 16.4. The molecule has 3 rings (SSSR count). The lowest BCUT2D eigenvalue weighted by Crippen LogP contribution is -2.38. The Morgan fingerprint density at radius 1 is 1.25 bits per heavy atom. The molecule has 0 spiro atoms. The van der Waals surface area contributed by atoms with Crippen LogP contribution in [0.3, 0.4) is 0 Å². The van der Waals surface area contributed by atoms with E-state index in [9.17, 15) is 14.7 Å². The highest BCUT2D eigenvalue weighted by Gasteiger charge is 2.22. The number of rotatable bonds is 4. The predicted molar refractivity (Wildman–Crippen MR) is 84.8 cm³/mol. The zero-order valence-electron chi connectivity index (χ0n) is 13.4. The van der Waals surface area contributed by atoms with Crippen molar-refractivity contribution in [3.8, 4) is 17.3 Å². The summed E-state index contributed by atoms with van der Waals surface area (Å²) in [6.07, 6.45) is 0.108. The van der Waals surface area contributed by atoms with Gasteiger partial charge in [0.25, 0.3) is 0 Å². The van der Waals surface area contributed by atoms with Crippen LogP contribution in [0.4, 0.5) is 0 Å². The average molecular weight is 327 g/mol. The Balaban J connectivity index is 2.31. The van der Waals surface area contributed by atoms with Crippen molar-refractivity contribution in [2.24, 2.45) is 0 Å². The number of carbonyl (C=O) groups excluding carboxylic acids is 1. The molecule has 0 N–H and O–H groups in total. The van der Waals surface area contributed by atoms with E-state index in [2.05, 4.69) is 0 Å². The van der Waals surface area contributed by atoms with Crippen LogP contribution in [0.25, 0.3) is 22.5 Å². The normalized spacial score (nSPS) is 12.3. The first kappa shape index (κ1) is 15.9. The first-order valence-corrected chi connectivity index (χ1v) is 7.38. The topological polar surface area (TPSA) is 92.7 Å². The van der Waals surface area contributed by atoms with Crippen LogP contribution in [0, 0.1) is 13.8 Å². The molecule has 0 amide bonds. The number of ether oxygens (including phenoxy) is 1. The van der Waals surface area contributed by atoms with E-state index >= 15 is 0 Å². The second kappa shape index (κ2) is 5.88. The van der Waals surface area contributed by atoms with E-state index in [0.29, 0.717) is 11.0 Å². The fourth-order valence-corrected chi connectivity index (χ4v) is 2.34. The van der Waals surface area contributed by atoms with Crippen molar-refractivity contribution >= 4 is 16.9 Å². The molecule has 124 valence electrons. The van der Waals surface area contributed by atoms with E-state index in [1.807, 2.05) is 13.8 Å². The number of hydrogen-bond acceptors (Lipinski definition) is 6. The Morgan fingerprint density at radius 3 is 2.58 bits per heavy atom. The summed E-state index contributed by atoms with van der Waals surface area (Å²) in [5.41, 5.74) is 1.80. The molecule has 0 aliphatic heterocycles. The number of carboxylic acid groups (broad SMARTS) is 1. The molecular formula is C18H15O6-. The highest BCUT2D eigenvalue weighted by Crippen LogP contribution is 2.32. The van der Waals surface area contributed by atoms with Crippen LogP contribution in [-0.4, -0.2) is 12.1 Å². The third-order valence-corrected chi connectivity index (χ3v) is 3.84. The predicted octanol–water partition coefficient (Wildman–Crippen LogP) is 2.19. The van der Waals surface area contributed by atoms with Gasteiger partial charge in [-0.3, -0.25) is 4.79 Å². The van der Waals surface area contributed by atoms with Crippen LogP contribution in [0.2, 0.25) is 0 Å². The number of fused-ring (bicyclic) bond motifs is 1. The highest BCUT2D eigenvalue weighted by atomic mass is 16.5. The third kappa shape index (κ3) is 2.67. The molecule has 0 fully saturated rings. The van der Waals surface area contributed by atoms with Crippen LogP contribution in [0.1, 0.15) is 18.1 Å². The number of carbonyl (C=O) groups is 1. The number of aliphatic carboxylic acids is 1. The summed E-state index contributed by atoms with van der Waals surface area (Å²) in [4.78, 5) is 23.8. The molecule has 3 aromatic rings. The Morgan fingerprint density at radius 2 is 1.96 bits per heavy atom. The largest absolute Gasteiger partial charge is 0.546 e. The van der Waals surface area contributed by atoms with Crippen molar-refractivity contribution in [1.82, 2.24) is 0 Å². The van der Waals surface area contributed by atoms with E-state index in [-0.39, 0.29) is 17.3 Å². The molecular weight excluding hydrogens is 312 g/mol. The van der Waals surface area contributed by atoms with Crippen LogP contribution in [0.5, 0.6) is 5.75 Å². The first-order chi connectivity index (χ1) is 11.4. The van der Waals surface area contributed by atoms with Gasteiger partial charge in [-0.15, -0.1) is 0 Å².